The van der Waals surface area contributed by atoms with Crippen molar-refractivity contribution >= 4 is 39.1 Å². The van der Waals surface area contributed by atoms with E-state index in [0.717, 1.165) is 10.9 Å². The number of anilines is 1. The van der Waals surface area contributed by atoms with E-state index >= 15 is 0 Å². The lowest BCUT2D eigenvalue weighted by molar-refractivity contribution is 0.0681. The number of rotatable bonds is 4. The van der Waals surface area contributed by atoms with Crippen LogP contribution in [0, 0.1) is 0 Å². The highest BCUT2D eigenvalue weighted by Gasteiger charge is 2.34. The second kappa shape index (κ2) is 7.14. The predicted octanol–water partition coefficient (Wildman–Crippen LogP) is 4.79. The highest BCUT2D eigenvalue weighted by molar-refractivity contribution is 9.10. The molecular weight excluding hydrogens is 408 g/mol. The number of benzene rings is 2. The minimum Gasteiger partial charge on any atom is -0.504 e. The fraction of sp³-hybridized carbons (Fsp3) is 0.278. The Morgan fingerprint density at radius 3 is 2.80 bits per heavy atom. The summed E-state index contributed by atoms with van der Waals surface area (Å²) in [4.78, 5) is 14.7. The predicted molar refractivity (Wildman–Crippen MR) is 102 cm³/mol. The monoisotopic (exact) mass is 424 g/mol. The van der Waals surface area contributed by atoms with E-state index < -0.39 is 6.17 Å². The zero-order chi connectivity index (χ0) is 18.1. The van der Waals surface area contributed by atoms with Gasteiger partial charge >= 0.3 is 0 Å². The van der Waals surface area contributed by atoms with Gasteiger partial charge in [0.25, 0.3) is 5.91 Å². The number of hydrogen-bond donors (Lipinski definition) is 2. The van der Waals surface area contributed by atoms with Gasteiger partial charge in [-0.3, -0.25) is 4.79 Å². The molecule has 0 aliphatic carbocycles. The van der Waals surface area contributed by atoms with Crippen molar-refractivity contribution in [2.24, 2.45) is 0 Å². The zero-order valence-electron chi connectivity index (χ0n) is 13.8. The molecule has 2 aromatic carbocycles. The standard InChI is InChI=1S/C18H18BrClN2O3/c1-3-6-22-17(13-7-10(19)8-15(25-2)16(13)23)21-14-9-11(20)4-5-12(14)18(22)24/h4-5,7-9,17,21,23H,3,6H2,1-2H3. The summed E-state index contributed by atoms with van der Waals surface area (Å²) in [6.45, 7) is 2.55. The van der Waals surface area contributed by atoms with Gasteiger partial charge in [-0.05, 0) is 36.8 Å². The highest BCUT2D eigenvalue weighted by atomic mass is 79.9. The molecule has 1 unspecified atom stereocenters. The number of nitrogens with zero attached hydrogens (tertiary/aromatic N) is 1. The lowest BCUT2D eigenvalue weighted by Gasteiger charge is -2.38. The molecule has 0 saturated heterocycles. The van der Waals surface area contributed by atoms with E-state index in [1.54, 1.807) is 35.2 Å². The maximum atomic E-state index is 13.0. The number of nitrogens with one attached hydrogen (secondary N) is 1. The average molecular weight is 426 g/mol. The third-order valence-electron chi connectivity index (χ3n) is 4.12. The van der Waals surface area contributed by atoms with Crippen LogP contribution in [0.2, 0.25) is 5.02 Å². The van der Waals surface area contributed by atoms with Crippen LogP contribution in [0.5, 0.6) is 11.5 Å². The van der Waals surface area contributed by atoms with Gasteiger partial charge in [-0.25, -0.2) is 0 Å². The van der Waals surface area contributed by atoms with Crippen LogP contribution in [-0.2, 0) is 0 Å². The van der Waals surface area contributed by atoms with Crippen molar-refractivity contribution in [2.45, 2.75) is 19.5 Å². The van der Waals surface area contributed by atoms with E-state index in [0.29, 0.717) is 34.1 Å². The molecule has 7 heteroatoms. The Kier molecular flexibility index (Phi) is 5.11. The fourth-order valence-corrected chi connectivity index (χ4v) is 3.62. The van der Waals surface area contributed by atoms with E-state index in [1.807, 2.05) is 6.92 Å². The molecule has 2 aromatic rings. The number of ether oxygens (including phenoxy) is 1. The molecule has 0 spiro atoms. The van der Waals surface area contributed by atoms with Crippen LogP contribution in [-0.4, -0.2) is 29.6 Å². The average Bonchev–Trinajstić information content (AvgIpc) is 2.58. The smallest absolute Gasteiger partial charge is 0.257 e. The van der Waals surface area contributed by atoms with Gasteiger partial charge in [0.05, 0.1) is 18.4 Å². The van der Waals surface area contributed by atoms with Crippen molar-refractivity contribution in [3.8, 4) is 11.5 Å². The first-order valence-corrected chi connectivity index (χ1v) is 9.06. The van der Waals surface area contributed by atoms with Gasteiger partial charge < -0.3 is 20.1 Å². The Balaban J connectivity index is 2.14. The Morgan fingerprint density at radius 1 is 1.36 bits per heavy atom. The minimum absolute atomic E-state index is 0.00239. The zero-order valence-corrected chi connectivity index (χ0v) is 16.2. The van der Waals surface area contributed by atoms with Crippen LogP contribution in [0.25, 0.3) is 0 Å². The van der Waals surface area contributed by atoms with Crippen LogP contribution in [0.1, 0.15) is 35.4 Å². The minimum atomic E-state index is -0.523. The molecule has 5 nitrogen and oxygen atoms in total. The molecule has 0 fully saturated rings. The van der Waals surface area contributed by atoms with Crippen LogP contribution >= 0.6 is 27.5 Å². The van der Waals surface area contributed by atoms with Gasteiger partial charge in [0.1, 0.15) is 6.17 Å². The van der Waals surface area contributed by atoms with Gasteiger partial charge in [0.15, 0.2) is 11.5 Å². The first kappa shape index (κ1) is 17.9. The van der Waals surface area contributed by atoms with Crippen molar-refractivity contribution in [3.63, 3.8) is 0 Å². The molecule has 0 radical (unpaired) electrons. The molecule has 25 heavy (non-hydrogen) atoms. The van der Waals surface area contributed by atoms with Gasteiger partial charge in [0, 0.05) is 21.6 Å². The molecule has 1 aliphatic heterocycles. The molecular formula is C18H18BrClN2O3. The van der Waals surface area contributed by atoms with Crippen LogP contribution in [0.3, 0.4) is 0 Å². The first-order chi connectivity index (χ1) is 12.0. The second-order valence-corrected chi connectivity index (χ2v) is 7.13. The molecule has 1 aliphatic rings. The van der Waals surface area contributed by atoms with E-state index in [1.165, 1.54) is 7.11 Å². The second-order valence-electron chi connectivity index (χ2n) is 5.78. The number of halogens is 2. The molecule has 1 amide bonds. The third kappa shape index (κ3) is 3.28. The first-order valence-electron chi connectivity index (χ1n) is 7.89. The number of methoxy groups -OCH3 is 1. The summed E-state index contributed by atoms with van der Waals surface area (Å²) in [6, 6.07) is 8.59. The summed E-state index contributed by atoms with van der Waals surface area (Å²) in [6.07, 6.45) is 0.267. The number of phenolic OH excluding ortho intramolecular Hbond substituents is 1. The summed E-state index contributed by atoms with van der Waals surface area (Å²) in [7, 11) is 1.49. The van der Waals surface area contributed by atoms with Gasteiger partial charge in [-0.1, -0.05) is 34.5 Å². The number of hydrogen-bond acceptors (Lipinski definition) is 4. The summed E-state index contributed by atoms with van der Waals surface area (Å²) in [5, 5.41) is 14.5. The van der Waals surface area contributed by atoms with E-state index in [9.17, 15) is 9.90 Å². The lowest BCUT2D eigenvalue weighted by atomic mass is 10.0. The Bertz CT molecular complexity index is 828. The van der Waals surface area contributed by atoms with Crippen molar-refractivity contribution in [1.29, 1.82) is 0 Å². The maximum absolute atomic E-state index is 13.0. The summed E-state index contributed by atoms with van der Waals surface area (Å²) in [5.74, 6) is 0.241. The van der Waals surface area contributed by atoms with Gasteiger partial charge in [0.2, 0.25) is 0 Å². The third-order valence-corrected chi connectivity index (χ3v) is 4.82. The number of carbonyl (C=O) groups excluding carboxylic acids is 1. The summed E-state index contributed by atoms with van der Waals surface area (Å²) < 4.78 is 5.99. The molecule has 3 rings (SSSR count). The molecule has 1 heterocycles. The lowest BCUT2D eigenvalue weighted by Crippen LogP contribution is -2.43. The summed E-state index contributed by atoms with van der Waals surface area (Å²) in [5.41, 5.74) is 1.77. The molecule has 0 bridgehead atoms. The van der Waals surface area contributed by atoms with E-state index in [-0.39, 0.29) is 11.7 Å². The normalized spacial score (nSPS) is 16.4. The maximum Gasteiger partial charge on any atom is 0.257 e. The van der Waals surface area contributed by atoms with Crippen molar-refractivity contribution in [3.05, 3.63) is 51.0 Å². The van der Waals surface area contributed by atoms with Crippen molar-refractivity contribution < 1.29 is 14.6 Å². The number of amides is 1. The molecule has 1 atom stereocenters. The van der Waals surface area contributed by atoms with Crippen molar-refractivity contribution in [2.75, 3.05) is 19.0 Å². The number of carbonyl (C=O) groups is 1. The van der Waals surface area contributed by atoms with Gasteiger partial charge in [-0.15, -0.1) is 0 Å². The van der Waals surface area contributed by atoms with Crippen LogP contribution < -0.4 is 10.1 Å². The Hall–Kier alpha value is -1.92. The Morgan fingerprint density at radius 2 is 2.12 bits per heavy atom. The molecule has 132 valence electrons. The largest absolute Gasteiger partial charge is 0.504 e. The topological polar surface area (TPSA) is 61.8 Å². The summed E-state index contributed by atoms with van der Waals surface area (Å²) >= 11 is 9.51. The molecule has 0 aromatic heterocycles. The highest BCUT2D eigenvalue weighted by Crippen LogP contribution is 2.42. The molecule has 2 N–H and O–H groups in total. The van der Waals surface area contributed by atoms with E-state index in [2.05, 4.69) is 21.2 Å². The quantitative estimate of drug-likeness (QED) is 0.739. The molecule has 0 saturated carbocycles. The van der Waals surface area contributed by atoms with E-state index in [4.69, 9.17) is 16.3 Å². The number of aromatic hydroxyl groups is 1. The van der Waals surface area contributed by atoms with Crippen LogP contribution in [0.15, 0.2) is 34.8 Å². The number of phenols is 1. The van der Waals surface area contributed by atoms with Crippen LogP contribution in [0.4, 0.5) is 5.69 Å². The fourth-order valence-electron chi connectivity index (χ4n) is 3.00. The number of fused-ring (bicyclic) bond motifs is 1. The SMILES string of the molecule is CCCN1C(=O)c2ccc(Cl)cc2NC1c1cc(Br)cc(OC)c1O. The van der Waals surface area contributed by atoms with Gasteiger partial charge in [-0.2, -0.15) is 0 Å². The van der Waals surface area contributed by atoms with Crippen molar-refractivity contribution in [1.82, 2.24) is 4.90 Å². The Labute approximate surface area is 159 Å².